The van der Waals surface area contributed by atoms with Crippen LogP contribution in [0.4, 0.5) is 5.69 Å². The zero-order chi connectivity index (χ0) is 7.68. The van der Waals surface area contributed by atoms with Crippen molar-refractivity contribution < 1.29 is 0 Å². The average molecular weight is 145 g/mol. The zero-order valence-corrected chi connectivity index (χ0v) is 5.91. The number of hydrogen-bond acceptors (Lipinski definition) is 2. The van der Waals surface area contributed by atoms with Crippen molar-refractivity contribution in [1.29, 1.82) is 0 Å². The summed E-state index contributed by atoms with van der Waals surface area (Å²) in [6.45, 7) is 3.46. The minimum Gasteiger partial charge on any atom is -0.344 e. The first kappa shape index (κ1) is 6.09. The van der Waals surface area contributed by atoms with E-state index < -0.39 is 0 Å². The Labute approximate surface area is 63.8 Å². The van der Waals surface area contributed by atoms with Crippen LogP contribution in [0.3, 0.4) is 0 Å². The molecule has 0 aliphatic heterocycles. The highest BCUT2D eigenvalue weighted by Crippen LogP contribution is 2.22. The van der Waals surface area contributed by atoms with Gasteiger partial charge in [-0.3, -0.25) is 4.99 Å². The summed E-state index contributed by atoms with van der Waals surface area (Å²) in [6, 6.07) is 3.84. The third-order valence-corrected chi connectivity index (χ3v) is 1.60. The van der Waals surface area contributed by atoms with E-state index in [0.717, 1.165) is 16.7 Å². The standard InChI is InChI=1S/C8H7N3/c1-9-7-5-11-8-6(7)3-2-4-10-8/h2-5H,1H2,(H,10,11). The summed E-state index contributed by atoms with van der Waals surface area (Å²) < 4.78 is 0. The third-order valence-electron chi connectivity index (χ3n) is 1.60. The molecule has 0 radical (unpaired) electrons. The van der Waals surface area contributed by atoms with Crippen LogP contribution in [0.5, 0.6) is 0 Å². The maximum atomic E-state index is 4.11. The van der Waals surface area contributed by atoms with Crippen molar-refractivity contribution in [3.63, 3.8) is 0 Å². The lowest BCUT2D eigenvalue weighted by molar-refractivity contribution is 1.32. The predicted molar refractivity (Wildman–Crippen MR) is 45.3 cm³/mol. The van der Waals surface area contributed by atoms with Crippen LogP contribution in [-0.4, -0.2) is 16.7 Å². The molecule has 2 aromatic rings. The lowest BCUT2D eigenvalue weighted by Crippen LogP contribution is -1.71. The molecule has 0 bridgehead atoms. The molecule has 2 heterocycles. The van der Waals surface area contributed by atoms with E-state index in [9.17, 15) is 0 Å². The van der Waals surface area contributed by atoms with Gasteiger partial charge in [0.05, 0.1) is 5.69 Å². The van der Waals surface area contributed by atoms with E-state index in [0.29, 0.717) is 0 Å². The molecular formula is C8H7N3. The van der Waals surface area contributed by atoms with Crippen LogP contribution in [-0.2, 0) is 0 Å². The molecule has 2 rings (SSSR count). The highest BCUT2D eigenvalue weighted by molar-refractivity contribution is 5.88. The molecule has 0 aromatic carbocycles. The van der Waals surface area contributed by atoms with Crippen LogP contribution in [0.1, 0.15) is 0 Å². The molecule has 0 amide bonds. The Kier molecular flexibility index (Phi) is 1.22. The molecular weight excluding hydrogens is 138 g/mol. The molecule has 1 N–H and O–H groups in total. The molecule has 54 valence electrons. The fraction of sp³-hybridized carbons (Fsp3) is 0. The van der Waals surface area contributed by atoms with Gasteiger partial charge in [-0.25, -0.2) is 4.98 Å². The third kappa shape index (κ3) is 0.816. The Hall–Kier alpha value is -1.64. The number of nitrogens with one attached hydrogen (secondary N) is 1. The van der Waals surface area contributed by atoms with E-state index in [1.165, 1.54) is 0 Å². The Morgan fingerprint density at radius 2 is 2.45 bits per heavy atom. The van der Waals surface area contributed by atoms with Gasteiger partial charge in [0.15, 0.2) is 0 Å². The normalized spacial score (nSPS) is 10.2. The molecule has 0 fully saturated rings. The lowest BCUT2D eigenvalue weighted by Gasteiger charge is -1.86. The first-order valence-electron chi connectivity index (χ1n) is 3.30. The number of aromatic nitrogens is 2. The van der Waals surface area contributed by atoms with E-state index in [-0.39, 0.29) is 0 Å². The summed E-state index contributed by atoms with van der Waals surface area (Å²) in [5.41, 5.74) is 1.71. The van der Waals surface area contributed by atoms with Gasteiger partial charge in [0.1, 0.15) is 5.65 Å². The number of aromatic amines is 1. The largest absolute Gasteiger partial charge is 0.344 e. The van der Waals surface area contributed by atoms with Crippen LogP contribution in [0.15, 0.2) is 29.5 Å². The van der Waals surface area contributed by atoms with E-state index in [1.807, 2.05) is 12.1 Å². The van der Waals surface area contributed by atoms with Gasteiger partial charge in [0.2, 0.25) is 0 Å². The maximum Gasteiger partial charge on any atom is 0.139 e. The monoisotopic (exact) mass is 145 g/mol. The van der Waals surface area contributed by atoms with E-state index >= 15 is 0 Å². The van der Waals surface area contributed by atoms with Crippen molar-refractivity contribution in [3.05, 3.63) is 24.5 Å². The molecule has 3 heteroatoms. The van der Waals surface area contributed by atoms with Gasteiger partial charge in [-0.05, 0) is 18.9 Å². The van der Waals surface area contributed by atoms with Crippen LogP contribution in [0, 0.1) is 0 Å². The minimum absolute atomic E-state index is 0.855. The van der Waals surface area contributed by atoms with Gasteiger partial charge in [-0.1, -0.05) is 0 Å². The Morgan fingerprint density at radius 1 is 1.55 bits per heavy atom. The van der Waals surface area contributed by atoms with Gasteiger partial charge < -0.3 is 4.98 Å². The van der Waals surface area contributed by atoms with Crippen LogP contribution in [0.25, 0.3) is 11.0 Å². The van der Waals surface area contributed by atoms with Crippen molar-refractivity contribution in [2.75, 3.05) is 0 Å². The van der Waals surface area contributed by atoms with E-state index in [1.54, 1.807) is 12.4 Å². The highest BCUT2D eigenvalue weighted by Gasteiger charge is 1.99. The van der Waals surface area contributed by atoms with Crippen molar-refractivity contribution in [3.8, 4) is 0 Å². The summed E-state index contributed by atoms with van der Waals surface area (Å²) in [5.74, 6) is 0. The second-order valence-corrected chi connectivity index (χ2v) is 2.23. The van der Waals surface area contributed by atoms with E-state index in [4.69, 9.17) is 0 Å². The number of rotatable bonds is 1. The first-order valence-corrected chi connectivity index (χ1v) is 3.30. The zero-order valence-electron chi connectivity index (χ0n) is 5.91. The molecule has 0 aliphatic rings. The SMILES string of the molecule is C=Nc1c[nH]c2ncccc12. The van der Waals surface area contributed by atoms with Crippen molar-refractivity contribution in [2.45, 2.75) is 0 Å². The molecule has 3 nitrogen and oxygen atoms in total. The quantitative estimate of drug-likeness (QED) is 0.611. The van der Waals surface area contributed by atoms with Gasteiger partial charge in [0, 0.05) is 17.8 Å². The number of fused-ring (bicyclic) bond motifs is 1. The van der Waals surface area contributed by atoms with Gasteiger partial charge in [-0.2, -0.15) is 0 Å². The number of pyridine rings is 1. The molecule has 11 heavy (non-hydrogen) atoms. The van der Waals surface area contributed by atoms with Crippen LogP contribution >= 0.6 is 0 Å². The molecule has 2 aromatic heterocycles. The molecule has 0 atom stereocenters. The van der Waals surface area contributed by atoms with Gasteiger partial charge >= 0.3 is 0 Å². The minimum atomic E-state index is 0.855. The second-order valence-electron chi connectivity index (χ2n) is 2.23. The molecule has 0 unspecified atom stereocenters. The predicted octanol–water partition coefficient (Wildman–Crippen LogP) is 1.89. The maximum absolute atomic E-state index is 4.11. The van der Waals surface area contributed by atoms with Crippen molar-refractivity contribution in [1.82, 2.24) is 9.97 Å². The van der Waals surface area contributed by atoms with Gasteiger partial charge in [-0.15, -0.1) is 0 Å². The van der Waals surface area contributed by atoms with E-state index in [2.05, 4.69) is 21.7 Å². The fourth-order valence-electron chi connectivity index (χ4n) is 1.07. The smallest absolute Gasteiger partial charge is 0.139 e. The fourth-order valence-corrected chi connectivity index (χ4v) is 1.07. The number of hydrogen-bond donors (Lipinski definition) is 1. The summed E-state index contributed by atoms with van der Waals surface area (Å²) in [5, 5.41) is 1.02. The number of aliphatic imine (C=N–C) groups is 1. The Morgan fingerprint density at radius 3 is 3.27 bits per heavy atom. The topological polar surface area (TPSA) is 41.0 Å². The Balaban J connectivity index is 2.86. The molecule has 0 aliphatic carbocycles. The summed E-state index contributed by atoms with van der Waals surface area (Å²) >= 11 is 0. The lowest BCUT2D eigenvalue weighted by atomic mass is 10.3. The first-order chi connectivity index (χ1) is 5.42. The molecule has 0 saturated heterocycles. The summed E-state index contributed by atoms with van der Waals surface area (Å²) in [4.78, 5) is 10.9. The van der Waals surface area contributed by atoms with Crippen molar-refractivity contribution in [2.24, 2.45) is 4.99 Å². The second kappa shape index (κ2) is 2.20. The van der Waals surface area contributed by atoms with Crippen molar-refractivity contribution >= 4 is 23.4 Å². The Bertz CT molecular complexity index is 389. The number of nitrogens with zero attached hydrogens (tertiary/aromatic N) is 2. The van der Waals surface area contributed by atoms with Gasteiger partial charge in [0.25, 0.3) is 0 Å². The number of H-pyrrole nitrogens is 1. The van der Waals surface area contributed by atoms with Crippen LogP contribution < -0.4 is 0 Å². The average Bonchev–Trinajstić information content (AvgIpc) is 2.47. The molecule has 0 spiro atoms. The summed E-state index contributed by atoms with van der Waals surface area (Å²) in [7, 11) is 0. The summed E-state index contributed by atoms with van der Waals surface area (Å²) in [6.07, 6.45) is 3.54. The molecule has 0 saturated carbocycles. The van der Waals surface area contributed by atoms with Crippen LogP contribution in [0.2, 0.25) is 0 Å². The highest BCUT2D eigenvalue weighted by atomic mass is 14.9.